The summed E-state index contributed by atoms with van der Waals surface area (Å²) in [5, 5.41) is 3.51. The molecule has 8 nitrogen and oxygen atoms in total. The van der Waals surface area contributed by atoms with Crippen molar-refractivity contribution < 1.29 is 19.1 Å². The Morgan fingerprint density at radius 1 is 0.973 bits per heavy atom. The van der Waals surface area contributed by atoms with Gasteiger partial charge in [-0.25, -0.2) is 9.97 Å². The smallest absolute Gasteiger partial charge is 0.273 e. The third-order valence-electron chi connectivity index (χ3n) is 6.58. The summed E-state index contributed by atoms with van der Waals surface area (Å²) in [5.74, 6) is 1.68. The summed E-state index contributed by atoms with van der Waals surface area (Å²) < 4.78 is 11.0. The van der Waals surface area contributed by atoms with Gasteiger partial charge in [0.2, 0.25) is 5.91 Å². The van der Waals surface area contributed by atoms with Crippen molar-refractivity contribution in [2.45, 2.75) is 26.4 Å². The van der Waals surface area contributed by atoms with Gasteiger partial charge in [0.1, 0.15) is 5.69 Å². The molecule has 4 aromatic rings. The Labute approximate surface area is 215 Å². The van der Waals surface area contributed by atoms with Gasteiger partial charge in [-0.3, -0.25) is 9.59 Å². The Bertz CT molecular complexity index is 1480. The van der Waals surface area contributed by atoms with Gasteiger partial charge in [-0.05, 0) is 29.7 Å². The van der Waals surface area contributed by atoms with Crippen LogP contribution in [0.2, 0.25) is 0 Å². The highest BCUT2D eigenvalue weighted by atomic mass is 16.5. The van der Waals surface area contributed by atoms with E-state index in [1.54, 1.807) is 14.2 Å². The first-order valence-electron chi connectivity index (χ1n) is 12.1. The Balaban J connectivity index is 1.48. The number of hydrogen-bond donors (Lipinski definition) is 1. The number of methoxy groups -OCH3 is 2. The number of benzene rings is 3. The Hall–Kier alpha value is -4.46. The number of nitrogens with one attached hydrogen (secondary N) is 1. The number of aromatic nitrogens is 2. The highest BCUT2D eigenvalue weighted by molar-refractivity contribution is 6.05. The average Bonchev–Trinajstić information content (AvgIpc) is 2.94. The van der Waals surface area contributed by atoms with Gasteiger partial charge in [-0.1, -0.05) is 48.5 Å². The summed E-state index contributed by atoms with van der Waals surface area (Å²) in [4.78, 5) is 36.3. The quantitative estimate of drug-likeness (QED) is 0.431. The largest absolute Gasteiger partial charge is 0.493 e. The normalized spacial score (nSPS) is 12.7. The van der Waals surface area contributed by atoms with E-state index in [2.05, 4.69) is 5.32 Å². The molecule has 5 rings (SSSR count). The second kappa shape index (κ2) is 10.3. The summed E-state index contributed by atoms with van der Waals surface area (Å²) in [5.41, 5.74) is 4.96. The van der Waals surface area contributed by atoms with Crippen LogP contribution in [0.3, 0.4) is 0 Å². The van der Waals surface area contributed by atoms with E-state index in [0.29, 0.717) is 48.8 Å². The number of hydrogen-bond acceptors (Lipinski definition) is 6. The van der Waals surface area contributed by atoms with E-state index in [4.69, 9.17) is 19.4 Å². The highest BCUT2D eigenvalue weighted by Gasteiger charge is 2.28. The molecule has 2 amide bonds. The fraction of sp³-hybridized carbons (Fsp3) is 0.241. The number of nitrogens with zero attached hydrogens (tertiary/aromatic N) is 3. The maximum atomic E-state index is 13.8. The van der Waals surface area contributed by atoms with E-state index < -0.39 is 0 Å². The highest BCUT2D eigenvalue weighted by Crippen LogP contribution is 2.36. The van der Waals surface area contributed by atoms with E-state index in [-0.39, 0.29) is 11.8 Å². The van der Waals surface area contributed by atoms with Gasteiger partial charge in [0.05, 0.1) is 19.7 Å². The minimum absolute atomic E-state index is 0.0805. The first kappa shape index (κ1) is 24.2. The molecule has 37 heavy (non-hydrogen) atoms. The van der Waals surface area contributed by atoms with E-state index in [0.717, 1.165) is 33.4 Å². The van der Waals surface area contributed by atoms with E-state index >= 15 is 0 Å². The van der Waals surface area contributed by atoms with Gasteiger partial charge < -0.3 is 19.7 Å². The maximum absolute atomic E-state index is 13.8. The fourth-order valence-corrected chi connectivity index (χ4v) is 4.68. The summed E-state index contributed by atoms with van der Waals surface area (Å²) in [6, 6.07) is 19.1. The second-order valence-electron chi connectivity index (χ2n) is 8.94. The first-order valence-corrected chi connectivity index (χ1v) is 12.1. The molecule has 1 N–H and O–H groups in total. The van der Waals surface area contributed by atoms with Gasteiger partial charge in [-0.15, -0.1) is 0 Å². The molecular formula is C29H28N4O4. The molecule has 0 atom stereocenters. The van der Waals surface area contributed by atoms with E-state index in [1.807, 2.05) is 65.6 Å². The molecule has 0 unspecified atom stereocenters. The van der Waals surface area contributed by atoms with Gasteiger partial charge in [0.15, 0.2) is 17.3 Å². The molecule has 0 aliphatic carbocycles. The number of fused-ring (bicyclic) bond motifs is 2. The van der Waals surface area contributed by atoms with Gasteiger partial charge in [-0.2, -0.15) is 0 Å². The molecule has 0 spiro atoms. The van der Waals surface area contributed by atoms with E-state index in [1.165, 1.54) is 6.92 Å². The molecule has 8 heteroatoms. The lowest BCUT2D eigenvalue weighted by Gasteiger charge is -2.30. The molecule has 3 aromatic carbocycles. The van der Waals surface area contributed by atoms with Crippen LogP contribution in [0.5, 0.6) is 11.5 Å². The van der Waals surface area contributed by atoms with Crippen molar-refractivity contribution in [1.29, 1.82) is 0 Å². The molecule has 2 heterocycles. The number of carbonyl (C=O) groups excluding carboxylic acids is 2. The zero-order valence-corrected chi connectivity index (χ0v) is 21.1. The van der Waals surface area contributed by atoms with Crippen LogP contribution in [0.15, 0.2) is 60.7 Å². The molecule has 188 valence electrons. The zero-order valence-electron chi connectivity index (χ0n) is 21.1. The van der Waals surface area contributed by atoms with Crippen LogP contribution in [-0.2, 0) is 24.3 Å². The van der Waals surface area contributed by atoms with Crippen LogP contribution >= 0.6 is 0 Å². The van der Waals surface area contributed by atoms with Crippen molar-refractivity contribution in [3.8, 4) is 22.9 Å². The lowest BCUT2D eigenvalue weighted by Crippen LogP contribution is -2.36. The van der Waals surface area contributed by atoms with Crippen molar-refractivity contribution in [1.82, 2.24) is 20.2 Å². The summed E-state index contributed by atoms with van der Waals surface area (Å²) in [6.45, 7) is 2.94. The molecular weight excluding hydrogens is 468 g/mol. The van der Waals surface area contributed by atoms with Crippen LogP contribution in [0.1, 0.15) is 34.1 Å². The van der Waals surface area contributed by atoms with Crippen LogP contribution in [0, 0.1) is 0 Å². The minimum Gasteiger partial charge on any atom is -0.493 e. The van der Waals surface area contributed by atoms with Crippen molar-refractivity contribution in [3.63, 3.8) is 0 Å². The van der Waals surface area contributed by atoms with Crippen LogP contribution < -0.4 is 14.8 Å². The lowest BCUT2D eigenvalue weighted by molar-refractivity contribution is -0.119. The molecule has 0 bridgehead atoms. The SMILES string of the molecule is COc1ccc2c(c1OC)CCN(C(=O)c1nc(-c3ccc(CNC(C)=O)cc3)nc3ccccc13)C2. The molecule has 1 aliphatic rings. The van der Waals surface area contributed by atoms with Gasteiger partial charge in [0.25, 0.3) is 5.91 Å². The number of ether oxygens (including phenoxy) is 2. The second-order valence-corrected chi connectivity index (χ2v) is 8.94. The third kappa shape index (κ3) is 4.82. The third-order valence-corrected chi connectivity index (χ3v) is 6.58. The molecule has 0 fully saturated rings. The lowest BCUT2D eigenvalue weighted by atomic mass is 9.97. The molecule has 0 saturated heterocycles. The number of amides is 2. The number of rotatable bonds is 6. The van der Waals surface area contributed by atoms with Crippen molar-refractivity contribution >= 4 is 22.7 Å². The Morgan fingerprint density at radius 2 is 1.76 bits per heavy atom. The topological polar surface area (TPSA) is 93.7 Å². The maximum Gasteiger partial charge on any atom is 0.273 e. The predicted molar refractivity (Wildman–Crippen MR) is 140 cm³/mol. The molecule has 1 aliphatic heterocycles. The van der Waals surface area contributed by atoms with Gasteiger partial charge >= 0.3 is 0 Å². The Kier molecular flexibility index (Phi) is 6.72. The van der Waals surface area contributed by atoms with E-state index in [9.17, 15) is 9.59 Å². The van der Waals surface area contributed by atoms with Crippen LogP contribution in [-0.4, -0.2) is 47.4 Å². The Morgan fingerprint density at radius 3 is 2.49 bits per heavy atom. The molecule has 0 saturated carbocycles. The van der Waals surface area contributed by atoms with Crippen molar-refractivity contribution in [3.05, 3.63) is 83.0 Å². The molecule has 1 aromatic heterocycles. The summed E-state index contributed by atoms with van der Waals surface area (Å²) in [6.07, 6.45) is 0.660. The average molecular weight is 497 g/mol. The zero-order chi connectivity index (χ0) is 25.9. The first-order chi connectivity index (χ1) is 18.0. The van der Waals surface area contributed by atoms with Crippen LogP contribution in [0.4, 0.5) is 0 Å². The standard InChI is InChI=1S/C29H28N4O4/c1-18(34)30-16-19-8-10-20(11-9-19)28-31-24-7-5-4-6-23(24)26(32-28)29(35)33-15-14-22-21(17-33)12-13-25(36-2)27(22)37-3/h4-13H,14-17H2,1-3H3,(H,30,34). The monoisotopic (exact) mass is 496 g/mol. The van der Waals surface area contributed by atoms with Crippen molar-refractivity contribution in [2.24, 2.45) is 0 Å². The van der Waals surface area contributed by atoms with Crippen molar-refractivity contribution in [2.75, 3.05) is 20.8 Å². The fourth-order valence-electron chi connectivity index (χ4n) is 4.68. The van der Waals surface area contributed by atoms with Gasteiger partial charge in [0, 0.05) is 43.1 Å². The predicted octanol–water partition coefficient (Wildman–Crippen LogP) is 4.15. The number of carbonyl (C=O) groups is 2. The minimum atomic E-state index is -0.137. The van der Waals surface area contributed by atoms with Crippen LogP contribution in [0.25, 0.3) is 22.3 Å². The summed E-state index contributed by atoms with van der Waals surface area (Å²) >= 11 is 0. The number of para-hydroxylation sites is 1. The molecule has 0 radical (unpaired) electrons. The summed E-state index contributed by atoms with van der Waals surface area (Å²) in [7, 11) is 3.26.